The van der Waals surface area contributed by atoms with Crippen LogP contribution in [0.2, 0.25) is 0 Å². The van der Waals surface area contributed by atoms with Crippen LogP contribution in [0.25, 0.3) is 0 Å². The van der Waals surface area contributed by atoms with Gasteiger partial charge >= 0.3 is 0 Å². The minimum absolute atomic E-state index is 0.824. The van der Waals surface area contributed by atoms with E-state index in [-0.39, 0.29) is 0 Å². The molecule has 0 aliphatic carbocycles. The molecular weight excluding hydrogens is 98.1 g/mol. The van der Waals surface area contributed by atoms with Crippen LogP contribution < -0.4 is 5.32 Å². The molecule has 1 fully saturated rings. The van der Waals surface area contributed by atoms with Crippen molar-refractivity contribution in [2.45, 2.75) is 32.7 Å². The van der Waals surface area contributed by atoms with Gasteiger partial charge in [0.25, 0.3) is 0 Å². The molecule has 0 aromatic heterocycles. The van der Waals surface area contributed by atoms with Gasteiger partial charge in [-0.1, -0.05) is 13.8 Å². The minimum atomic E-state index is 0.824. The number of hydrogen-bond acceptors (Lipinski definition) is 1. The molecule has 48 valence electrons. The monoisotopic (exact) mass is 113 g/mol. The highest BCUT2D eigenvalue weighted by atomic mass is 14.9. The molecule has 0 radical (unpaired) electrons. The third-order valence-corrected chi connectivity index (χ3v) is 1.93. The van der Waals surface area contributed by atoms with Crippen LogP contribution in [0.5, 0.6) is 0 Å². The predicted octanol–water partition coefficient (Wildman–Crippen LogP) is 1.39. The van der Waals surface area contributed by atoms with Crippen molar-refractivity contribution in [1.29, 1.82) is 0 Å². The third-order valence-electron chi connectivity index (χ3n) is 1.93. The fourth-order valence-electron chi connectivity index (χ4n) is 1.33. The molecule has 1 saturated heterocycles. The highest BCUT2D eigenvalue weighted by molar-refractivity contribution is 4.77. The first-order valence-electron chi connectivity index (χ1n) is 3.56. The van der Waals surface area contributed by atoms with E-state index in [4.69, 9.17) is 0 Å². The van der Waals surface area contributed by atoms with Crippen LogP contribution >= 0.6 is 0 Å². The Labute approximate surface area is 51.5 Å². The molecule has 0 saturated carbocycles. The van der Waals surface area contributed by atoms with Crippen molar-refractivity contribution in [2.75, 3.05) is 6.54 Å². The van der Waals surface area contributed by atoms with E-state index in [1.807, 2.05) is 0 Å². The summed E-state index contributed by atoms with van der Waals surface area (Å²) in [6, 6.07) is 0.824. The number of rotatable bonds is 1. The highest BCUT2D eigenvalue weighted by Gasteiger charge is 2.17. The fourth-order valence-corrected chi connectivity index (χ4v) is 1.33. The van der Waals surface area contributed by atoms with Crippen molar-refractivity contribution >= 4 is 0 Å². The van der Waals surface area contributed by atoms with Crippen LogP contribution in [-0.2, 0) is 0 Å². The van der Waals surface area contributed by atoms with E-state index in [0.29, 0.717) is 0 Å². The Morgan fingerprint density at radius 3 is 2.62 bits per heavy atom. The summed E-state index contributed by atoms with van der Waals surface area (Å²) >= 11 is 0. The van der Waals surface area contributed by atoms with Gasteiger partial charge in [0.05, 0.1) is 0 Å². The first-order chi connectivity index (χ1) is 3.83. The Morgan fingerprint density at radius 1 is 1.62 bits per heavy atom. The van der Waals surface area contributed by atoms with Gasteiger partial charge < -0.3 is 5.32 Å². The molecule has 1 aliphatic rings. The van der Waals surface area contributed by atoms with Gasteiger partial charge in [0.15, 0.2) is 0 Å². The van der Waals surface area contributed by atoms with Gasteiger partial charge in [0.1, 0.15) is 0 Å². The second-order valence-electron chi connectivity index (χ2n) is 2.85. The molecule has 1 nitrogen and oxygen atoms in total. The van der Waals surface area contributed by atoms with Gasteiger partial charge in [-0.15, -0.1) is 0 Å². The lowest BCUT2D eigenvalue weighted by Gasteiger charge is -2.02. The zero-order chi connectivity index (χ0) is 5.98. The van der Waals surface area contributed by atoms with Crippen LogP contribution in [0.4, 0.5) is 0 Å². The van der Waals surface area contributed by atoms with Crippen molar-refractivity contribution in [3.8, 4) is 0 Å². The lowest BCUT2D eigenvalue weighted by molar-refractivity contribution is 0.568. The Hall–Kier alpha value is -0.0400. The van der Waals surface area contributed by atoms with E-state index in [1.165, 1.54) is 19.4 Å². The maximum atomic E-state index is 3.46. The van der Waals surface area contributed by atoms with Crippen LogP contribution in [0, 0.1) is 5.92 Å². The summed E-state index contributed by atoms with van der Waals surface area (Å²) in [6.07, 6.45) is 2.68. The van der Waals surface area contributed by atoms with Crippen molar-refractivity contribution in [3.63, 3.8) is 0 Å². The molecule has 1 heterocycles. The van der Waals surface area contributed by atoms with E-state index in [0.717, 1.165) is 12.0 Å². The van der Waals surface area contributed by atoms with E-state index in [1.54, 1.807) is 0 Å². The minimum Gasteiger partial charge on any atom is -0.314 e. The summed E-state index contributed by atoms with van der Waals surface area (Å²) in [4.78, 5) is 0. The third kappa shape index (κ3) is 1.22. The first kappa shape index (κ1) is 6.09. The molecule has 1 heteroatoms. The second-order valence-corrected chi connectivity index (χ2v) is 2.85. The van der Waals surface area contributed by atoms with Gasteiger partial charge in [0.2, 0.25) is 0 Å². The SMILES string of the molecule is CCC1CC(C)CN1. The van der Waals surface area contributed by atoms with Gasteiger partial charge in [0, 0.05) is 6.04 Å². The number of nitrogens with one attached hydrogen (secondary N) is 1. The topological polar surface area (TPSA) is 12.0 Å². The van der Waals surface area contributed by atoms with Crippen LogP contribution in [0.3, 0.4) is 0 Å². The molecule has 0 amide bonds. The standard InChI is InChI=1S/C7H15N/c1-3-7-4-6(2)5-8-7/h6-8H,3-5H2,1-2H3. The molecule has 0 aromatic rings. The second kappa shape index (κ2) is 2.49. The van der Waals surface area contributed by atoms with Crippen molar-refractivity contribution in [1.82, 2.24) is 5.32 Å². The molecular formula is C7H15N. The molecule has 8 heavy (non-hydrogen) atoms. The van der Waals surface area contributed by atoms with E-state index < -0.39 is 0 Å². The average molecular weight is 113 g/mol. The smallest absolute Gasteiger partial charge is 0.00675 e. The molecule has 1 aliphatic heterocycles. The molecule has 2 atom stereocenters. The lowest BCUT2D eigenvalue weighted by atomic mass is 10.1. The Balaban J connectivity index is 2.22. The average Bonchev–Trinajstić information content (AvgIpc) is 2.14. The van der Waals surface area contributed by atoms with E-state index >= 15 is 0 Å². The van der Waals surface area contributed by atoms with Gasteiger partial charge in [-0.3, -0.25) is 0 Å². The zero-order valence-corrected chi connectivity index (χ0v) is 5.78. The van der Waals surface area contributed by atoms with Crippen LogP contribution in [0.1, 0.15) is 26.7 Å². The normalized spacial score (nSPS) is 38.2. The molecule has 0 aromatic carbocycles. The van der Waals surface area contributed by atoms with Crippen molar-refractivity contribution in [3.05, 3.63) is 0 Å². The molecule has 0 bridgehead atoms. The predicted molar refractivity (Wildman–Crippen MR) is 35.9 cm³/mol. The molecule has 0 spiro atoms. The summed E-state index contributed by atoms with van der Waals surface area (Å²) < 4.78 is 0. The summed E-state index contributed by atoms with van der Waals surface area (Å²) in [5, 5.41) is 3.46. The molecule has 1 rings (SSSR count). The largest absolute Gasteiger partial charge is 0.314 e. The molecule has 2 unspecified atom stereocenters. The van der Waals surface area contributed by atoms with Gasteiger partial charge in [-0.25, -0.2) is 0 Å². The summed E-state index contributed by atoms with van der Waals surface area (Å²) in [7, 11) is 0. The van der Waals surface area contributed by atoms with Crippen molar-refractivity contribution in [2.24, 2.45) is 5.92 Å². The van der Waals surface area contributed by atoms with Gasteiger partial charge in [-0.05, 0) is 25.3 Å². The zero-order valence-electron chi connectivity index (χ0n) is 5.78. The lowest BCUT2D eigenvalue weighted by Crippen LogP contribution is -2.19. The van der Waals surface area contributed by atoms with Gasteiger partial charge in [-0.2, -0.15) is 0 Å². The first-order valence-corrected chi connectivity index (χ1v) is 3.56. The Morgan fingerprint density at radius 2 is 2.38 bits per heavy atom. The summed E-state index contributed by atoms with van der Waals surface area (Å²) in [6.45, 7) is 5.79. The van der Waals surface area contributed by atoms with Crippen LogP contribution in [-0.4, -0.2) is 12.6 Å². The highest BCUT2D eigenvalue weighted by Crippen LogP contribution is 2.14. The maximum absolute atomic E-state index is 3.46. The van der Waals surface area contributed by atoms with Crippen molar-refractivity contribution < 1.29 is 0 Å². The Bertz CT molecular complexity index is 70.8. The number of hydrogen-bond donors (Lipinski definition) is 1. The van der Waals surface area contributed by atoms with E-state index in [2.05, 4.69) is 19.2 Å². The fraction of sp³-hybridized carbons (Fsp3) is 1.00. The van der Waals surface area contributed by atoms with Crippen LogP contribution in [0.15, 0.2) is 0 Å². The van der Waals surface area contributed by atoms with E-state index in [9.17, 15) is 0 Å². The Kier molecular flexibility index (Phi) is 1.90. The molecule has 1 N–H and O–H groups in total. The summed E-state index contributed by atoms with van der Waals surface area (Å²) in [5.74, 6) is 0.917. The summed E-state index contributed by atoms with van der Waals surface area (Å²) in [5.41, 5.74) is 0. The quantitative estimate of drug-likeness (QED) is 0.542. The maximum Gasteiger partial charge on any atom is 0.00675 e.